The van der Waals surface area contributed by atoms with Crippen molar-refractivity contribution in [3.05, 3.63) is 30.3 Å². The van der Waals surface area contributed by atoms with Gasteiger partial charge in [0.25, 0.3) is 0 Å². The highest BCUT2D eigenvalue weighted by Crippen LogP contribution is 2.60. The minimum Gasteiger partial charge on any atom is -0.297 e. The fraction of sp³-hybridized carbons (Fsp3) is 0.579. The molecule has 0 spiro atoms. The van der Waals surface area contributed by atoms with Crippen LogP contribution in [0.2, 0.25) is 0 Å². The van der Waals surface area contributed by atoms with Crippen LogP contribution < -0.4 is 0 Å². The zero-order valence-corrected chi connectivity index (χ0v) is 13.8. The fourth-order valence-electron chi connectivity index (χ4n) is 5.76. The summed E-state index contributed by atoms with van der Waals surface area (Å²) in [7, 11) is 0. The highest BCUT2D eigenvalue weighted by molar-refractivity contribution is 5.85. The molecule has 1 aromatic heterocycles. The van der Waals surface area contributed by atoms with Crippen molar-refractivity contribution >= 4 is 5.78 Å². The van der Waals surface area contributed by atoms with Crippen molar-refractivity contribution in [3.63, 3.8) is 0 Å². The van der Waals surface area contributed by atoms with Crippen LogP contribution in [0, 0.1) is 23.2 Å². The van der Waals surface area contributed by atoms with Crippen LogP contribution in [0.25, 0.3) is 11.4 Å². The van der Waals surface area contributed by atoms with Crippen molar-refractivity contribution < 1.29 is 4.79 Å². The van der Waals surface area contributed by atoms with Gasteiger partial charge in [-0.25, -0.2) is 0 Å². The first-order chi connectivity index (χ1) is 11.7. The van der Waals surface area contributed by atoms with Crippen LogP contribution in [0.4, 0.5) is 0 Å². The number of benzene rings is 1. The second-order valence-electron chi connectivity index (χ2n) is 8.13. The number of aromatic nitrogens is 4. The van der Waals surface area contributed by atoms with E-state index < -0.39 is 0 Å². The third kappa shape index (κ3) is 2.29. The van der Waals surface area contributed by atoms with E-state index in [0.717, 1.165) is 42.6 Å². The van der Waals surface area contributed by atoms with Gasteiger partial charge in [-0.1, -0.05) is 30.3 Å². The molecule has 5 heteroatoms. The SMILES string of the molecule is O=C(Cn1nnc(-c2ccccc2)n1)C12CC3CC(CC(C3)C1)C2. The second-order valence-corrected chi connectivity index (χ2v) is 8.13. The van der Waals surface area contributed by atoms with E-state index in [0.29, 0.717) is 11.6 Å². The van der Waals surface area contributed by atoms with Gasteiger partial charge >= 0.3 is 0 Å². The Morgan fingerprint density at radius 1 is 1.04 bits per heavy atom. The predicted molar refractivity (Wildman–Crippen MR) is 88.9 cm³/mol. The maximum absolute atomic E-state index is 13.1. The van der Waals surface area contributed by atoms with Gasteiger partial charge in [0.2, 0.25) is 5.82 Å². The van der Waals surface area contributed by atoms with Crippen LogP contribution in [0.5, 0.6) is 0 Å². The Morgan fingerprint density at radius 2 is 1.67 bits per heavy atom. The molecular weight excluding hydrogens is 300 g/mol. The van der Waals surface area contributed by atoms with Gasteiger partial charge in [0.15, 0.2) is 5.78 Å². The third-order valence-electron chi connectivity index (χ3n) is 6.40. The maximum Gasteiger partial charge on any atom is 0.204 e. The van der Waals surface area contributed by atoms with Gasteiger partial charge < -0.3 is 0 Å². The molecule has 5 nitrogen and oxygen atoms in total. The molecule has 0 amide bonds. The Labute approximate surface area is 141 Å². The first kappa shape index (κ1) is 14.3. The Kier molecular flexibility index (Phi) is 3.12. The number of hydrogen-bond acceptors (Lipinski definition) is 4. The van der Waals surface area contributed by atoms with E-state index in [9.17, 15) is 4.79 Å². The van der Waals surface area contributed by atoms with Crippen molar-refractivity contribution in [1.82, 2.24) is 20.2 Å². The van der Waals surface area contributed by atoms with Gasteiger partial charge in [-0.2, -0.15) is 4.80 Å². The monoisotopic (exact) mass is 322 g/mol. The first-order valence-corrected chi connectivity index (χ1v) is 9.07. The lowest BCUT2D eigenvalue weighted by Gasteiger charge is -2.55. The summed E-state index contributed by atoms with van der Waals surface area (Å²) in [6.45, 7) is 0.270. The number of carbonyl (C=O) groups excluding carboxylic acids is 1. The third-order valence-corrected chi connectivity index (χ3v) is 6.40. The molecule has 2 aromatic rings. The van der Waals surface area contributed by atoms with Crippen LogP contribution in [0.1, 0.15) is 38.5 Å². The molecule has 0 N–H and O–H groups in total. The molecule has 0 saturated heterocycles. The standard InChI is InChI=1S/C19H22N4O/c24-17(19-9-13-6-14(10-19)8-15(7-13)11-19)12-23-21-18(20-22-23)16-4-2-1-3-5-16/h1-5,13-15H,6-12H2. The first-order valence-electron chi connectivity index (χ1n) is 9.07. The van der Waals surface area contributed by atoms with Gasteiger partial charge in [-0.15, -0.1) is 10.2 Å². The van der Waals surface area contributed by atoms with Crippen LogP contribution >= 0.6 is 0 Å². The lowest BCUT2D eigenvalue weighted by Crippen LogP contribution is -2.50. The topological polar surface area (TPSA) is 60.7 Å². The Balaban J connectivity index is 1.35. The molecular formula is C19H22N4O. The summed E-state index contributed by atoms with van der Waals surface area (Å²) in [4.78, 5) is 14.6. The zero-order chi connectivity index (χ0) is 16.1. The van der Waals surface area contributed by atoms with Crippen molar-refractivity contribution in [2.75, 3.05) is 0 Å². The Morgan fingerprint density at radius 3 is 2.29 bits per heavy atom. The minimum absolute atomic E-state index is 0.0880. The van der Waals surface area contributed by atoms with Gasteiger partial charge in [0.1, 0.15) is 6.54 Å². The number of ketones is 1. The molecule has 0 aliphatic heterocycles. The maximum atomic E-state index is 13.1. The second kappa shape index (κ2) is 5.23. The molecule has 0 atom stereocenters. The predicted octanol–water partition coefficient (Wildman–Crippen LogP) is 3.13. The summed E-state index contributed by atoms with van der Waals surface area (Å²) in [5.74, 6) is 3.27. The van der Waals surface area contributed by atoms with Crippen molar-refractivity contribution in [2.24, 2.45) is 23.2 Å². The molecule has 4 bridgehead atoms. The van der Waals surface area contributed by atoms with Gasteiger partial charge in [0, 0.05) is 11.0 Å². The molecule has 124 valence electrons. The van der Waals surface area contributed by atoms with Gasteiger partial charge in [0.05, 0.1) is 0 Å². The van der Waals surface area contributed by atoms with Crippen LogP contribution in [-0.2, 0) is 11.3 Å². The van der Waals surface area contributed by atoms with Crippen molar-refractivity contribution in [2.45, 2.75) is 45.1 Å². The molecule has 4 aliphatic carbocycles. The largest absolute Gasteiger partial charge is 0.297 e. The molecule has 4 fully saturated rings. The van der Waals surface area contributed by atoms with Gasteiger partial charge in [-0.05, 0) is 61.5 Å². The number of carbonyl (C=O) groups is 1. The summed E-state index contributed by atoms with van der Waals surface area (Å²) < 4.78 is 0. The average Bonchev–Trinajstić information content (AvgIpc) is 3.03. The minimum atomic E-state index is -0.0880. The van der Waals surface area contributed by atoms with Crippen LogP contribution in [0.15, 0.2) is 30.3 Å². The summed E-state index contributed by atoms with van der Waals surface area (Å²) in [5.41, 5.74) is 0.848. The Bertz CT molecular complexity index is 731. The summed E-state index contributed by atoms with van der Waals surface area (Å²) in [6.07, 6.45) is 7.35. The van der Waals surface area contributed by atoms with Crippen LogP contribution in [0.3, 0.4) is 0 Å². The lowest BCUT2D eigenvalue weighted by molar-refractivity contribution is -0.145. The number of nitrogens with zero attached hydrogens (tertiary/aromatic N) is 4. The van der Waals surface area contributed by atoms with E-state index in [1.807, 2.05) is 30.3 Å². The van der Waals surface area contributed by atoms with E-state index in [2.05, 4.69) is 15.4 Å². The number of hydrogen-bond donors (Lipinski definition) is 0. The van der Waals surface area contributed by atoms with Crippen molar-refractivity contribution in [3.8, 4) is 11.4 Å². The Hall–Kier alpha value is -2.04. The van der Waals surface area contributed by atoms with E-state index in [1.54, 1.807) is 0 Å². The number of rotatable bonds is 4. The zero-order valence-electron chi connectivity index (χ0n) is 13.8. The summed E-state index contributed by atoms with van der Waals surface area (Å²) in [5, 5.41) is 12.7. The highest BCUT2D eigenvalue weighted by Gasteiger charge is 2.54. The molecule has 0 unspecified atom stereocenters. The smallest absolute Gasteiger partial charge is 0.204 e. The summed E-state index contributed by atoms with van der Waals surface area (Å²) in [6, 6.07) is 9.79. The quantitative estimate of drug-likeness (QED) is 0.867. The molecule has 0 radical (unpaired) electrons. The van der Waals surface area contributed by atoms with E-state index in [4.69, 9.17) is 0 Å². The molecule has 1 heterocycles. The number of tetrazole rings is 1. The summed E-state index contributed by atoms with van der Waals surface area (Å²) >= 11 is 0. The average molecular weight is 322 g/mol. The lowest BCUT2D eigenvalue weighted by atomic mass is 9.48. The van der Waals surface area contributed by atoms with E-state index >= 15 is 0 Å². The highest BCUT2D eigenvalue weighted by atomic mass is 16.1. The molecule has 1 aromatic carbocycles. The molecule has 4 saturated carbocycles. The fourth-order valence-corrected chi connectivity index (χ4v) is 5.76. The van der Waals surface area contributed by atoms with Crippen molar-refractivity contribution in [1.29, 1.82) is 0 Å². The van der Waals surface area contributed by atoms with Crippen LogP contribution in [-0.4, -0.2) is 26.0 Å². The van der Waals surface area contributed by atoms with E-state index in [1.165, 1.54) is 24.1 Å². The van der Waals surface area contributed by atoms with E-state index in [-0.39, 0.29) is 12.0 Å². The molecule has 6 rings (SSSR count). The number of Topliss-reactive ketones (excluding diaryl/α,β-unsaturated/α-hetero) is 1. The van der Waals surface area contributed by atoms with Gasteiger partial charge in [-0.3, -0.25) is 4.79 Å². The molecule has 24 heavy (non-hydrogen) atoms. The normalized spacial score (nSPS) is 33.8. The molecule has 4 aliphatic rings.